The van der Waals surface area contributed by atoms with Crippen LogP contribution in [0.15, 0.2) is 35.2 Å². The Morgan fingerprint density at radius 1 is 1.19 bits per heavy atom. The molecule has 1 aromatic carbocycles. The van der Waals surface area contributed by atoms with Gasteiger partial charge in [-0.25, -0.2) is 0 Å². The first kappa shape index (κ1) is 15.1. The molecule has 0 saturated carbocycles. The van der Waals surface area contributed by atoms with E-state index in [0.717, 1.165) is 10.6 Å². The van der Waals surface area contributed by atoms with Crippen LogP contribution in [0.3, 0.4) is 0 Å². The van der Waals surface area contributed by atoms with Crippen molar-refractivity contribution in [1.82, 2.24) is 9.97 Å². The van der Waals surface area contributed by atoms with Crippen LogP contribution in [0.25, 0.3) is 0 Å². The average molecular weight is 305 g/mol. The summed E-state index contributed by atoms with van der Waals surface area (Å²) in [5, 5.41) is 2.82. The maximum absolute atomic E-state index is 12.3. The van der Waals surface area contributed by atoms with E-state index in [1.165, 1.54) is 20.3 Å². The van der Waals surface area contributed by atoms with Gasteiger partial charge in [-0.05, 0) is 18.4 Å². The number of ether oxygens (including phenoxy) is 2. The Labute approximate surface area is 126 Å². The Kier molecular flexibility index (Phi) is 4.99. The maximum atomic E-state index is 12.3. The van der Waals surface area contributed by atoms with Crippen molar-refractivity contribution in [2.45, 2.75) is 4.90 Å². The minimum absolute atomic E-state index is 0.0812. The number of amides is 1. The number of hydrogen-bond donors (Lipinski definition) is 1. The lowest BCUT2D eigenvalue weighted by molar-refractivity contribution is 0.102. The fraction of sp³-hybridized carbons (Fsp3) is 0.214. The quantitative estimate of drug-likeness (QED) is 0.855. The van der Waals surface area contributed by atoms with Gasteiger partial charge < -0.3 is 14.8 Å². The van der Waals surface area contributed by atoms with Gasteiger partial charge in [0, 0.05) is 11.0 Å². The van der Waals surface area contributed by atoms with Crippen LogP contribution in [-0.2, 0) is 0 Å². The number of nitrogens with one attached hydrogen (secondary N) is 1. The van der Waals surface area contributed by atoms with Crippen molar-refractivity contribution < 1.29 is 14.3 Å². The normalized spacial score (nSPS) is 10.0. The molecule has 0 unspecified atom stereocenters. The first-order valence-corrected chi connectivity index (χ1v) is 7.32. The summed E-state index contributed by atoms with van der Waals surface area (Å²) >= 11 is 1.55. The van der Waals surface area contributed by atoms with Crippen LogP contribution in [0.2, 0.25) is 0 Å². The predicted octanol–water partition coefficient (Wildman–Crippen LogP) is 2.47. The average Bonchev–Trinajstić information content (AvgIpc) is 2.54. The highest BCUT2D eigenvalue weighted by Gasteiger charge is 2.14. The second-order valence-corrected chi connectivity index (χ2v) is 4.78. The van der Waals surface area contributed by atoms with Gasteiger partial charge in [-0.1, -0.05) is 12.1 Å². The molecule has 0 radical (unpaired) electrons. The van der Waals surface area contributed by atoms with E-state index in [0.29, 0.717) is 0 Å². The van der Waals surface area contributed by atoms with Gasteiger partial charge in [-0.2, -0.15) is 9.97 Å². The Bertz CT molecular complexity index is 627. The molecule has 0 bridgehead atoms. The van der Waals surface area contributed by atoms with Crippen molar-refractivity contribution in [2.75, 3.05) is 25.8 Å². The number of benzene rings is 1. The third-order valence-electron chi connectivity index (χ3n) is 2.66. The van der Waals surface area contributed by atoms with Crippen molar-refractivity contribution >= 4 is 23.4 Å². The first-order chi connectivity index (χ1) is 10.2. The number of hydrogen-bond acceptors (Lipinski definition) is 6. The number of carbonyl (C=O) groups excluding carboxylic acids is 1. The van der Waals surface area contributed by atoms with E-state index in [4.69, 9.17) is 9.47 Å². The van der Waals surface area contributed by atoms with E-state index in [1.807, 2.05) is 30.5 Å². The summed E-state index contributed by atoms with van der Waals surface area (Å²) in [4.78, 5) is 21.2. The molecule has 110 valence electrons. The monoisotopic (exact) mass is 305 g/mol. The fourth-order valence-corrected chi connectivity index (χ4v) is 2.20. The van der Waals surface area contributed by atoms with Crippen molar-refractivity contribution in [3.05, 3.63) is 36.0 Å². The fourth-order valence-electron chi connectivity index (χ4n) is 1.65. The molecule has 21 heavy (non-hydrogen) atoms. The lowest BCUT2D eigenvalue weighted by atomic mass is 10.3. The highest BCUT2D eigenvalue weighted by atomic mass is 32.2. The zero-order chi connectivity index (χ0) is 15.2. The van der Waals surface area contributed by atoms with E-state index in [2.05, 4.69) is 15.3 Å². The molecular weight excluding hydrogens is 290 g/mol. The van der Waals surface area contributed by atoms with Crippen molar-refractivity contribution in [1.29, 1.82) is 0 Å². The van der Waals surface area contributed by atoms with E-state index < -0.39 is 0 Å². The van der Waals surface area contributed by atoms with Crippen LogP contribution in [0, 0.1) is 0 Å². The van der Waals surface area contributed by atoms with Crippen molar-refractivity contribution in [3.63, 3.8) is 0 Å². The summed E-state index contributed by atoms with van der Waals surface area (Å²) in [6, 6.07) is 9.08. The molecule has 1 N–H and O–H groups in total. The summed E-state index contributed by atoms with van der Waals surface area (Å²) in [6.07, 6.45) is 1.95. The van der Waals surface area contributed by atoms with Crippen LogP contribution in [-0.4, -0.2) is 36.4 Å². The van der Waals surface area contributed by atoms with Crippen LogP contribution >= 0.6 is 11.8 Å². The lowest BCUT2D eigenvalue weighted by Gasteiger charge is -2.10. The molecule has 1 heterocycles. The number of para-hydroxylation sites is 1. The molecule has 0 spiro atoms. The zero-order valence-corrected chi connectivity index (χ0v) is 12.7. The molecule has 0 atom stereocenters. The molecule has 0 aliphatic rings. The molecule has 2 rings (SSSR count). The largest absolute Gasteiger partial charge is 0.481 e. The van der Waals surface area contributed by atoms with E-state index in [-0.39, 0.29) is 23.5 Å². The summed E-state index contributed by atoms with van der Waals surface area (Å²) < 4.78 is 9.98. The molecule has 2 aromatic rings. The van der Waals surface area contributed by atoms with Crippen LogP contribution in [0.5, 0.6) is 11.9 Å². The number of carbonyl (C=O) groups is 1. The second kappa shape index (κ2) is 6.94. The topological polar surface area (TPSA) is 73.3 Å². The summed E-state index contributed by atoms with van der Waals surface area (Å²) in [5.74, 6) is -0.0827. The Morgan fingerprint density at radius 2 is 1.95 bits per heavy atom. The number of methoxy groups -OCH3 is 2. The molecule has 0 fully saturated rings. The Balaban J connectivity index is 2.28. The van der Waals surface area contributed by atoms with E-state index >= 15 is 0 Å². The van der Waals surface area contributed by atoms with E-state index in [9.17, 15) is 4.79 Å². The van der Waals surface area contributed by atoms with Gasteiger partial charge in [0.05, 0.1) is 19.9 Å². The molecule has 7 heteroatoms. The predicted molar refractivity (Wildman–Crippen MR) is 81.3 cm³/mol. The third-order valence-corrected chi connectivity index (χ3v) is 3.46. The van der Waals surface area contributed by atoms with Gasteiger partial charge >= 0.3 is 6.01 Å². The Hall–Kier alpha value is -2.28. The molecule has 6 nitrogen and oxygen atoms in total. The molecule has 0 aliphatic heterocycles. The minimum Gasteiger partial charge on any atom is -0.481 e. The maximum Gasteiger partial charge on any atom is 0.320 e. The molecule has 1 aromatic heterocycles. The summed E-state index contributed by atoms with van der Waals surface area (Å²) in [7, 11) is 2.89. The number of nitrogens with zero attached hydrogens (tertiary/aromatic N) is 2. The second-order valence-electron chi connectivity index (χ2n) is 3.94. The lowest BCUT2D eigenvalue weighted by Crippen LogP contribution is -2.15. The van der Waals surface area contributed by atoms with Gasteiger partial charge in [-0.15, -0.1) is 11.8 Å². The number of thioether (sulfide) groups is 1. The third kappa shape index (κ3) is 3.63. The number of aromatic nitrogens is 2. The SMILES string of the molecule is COc1cc(C(=O)Nc2ccccc2SC)nc(OC)n1. The number of anilines is 1. The molecule has 0 aliphatic carbocycles. The molecule has 0 saturated heterocycles. The van der Waals surface area contributed by atoms with Gasteiger partial charge in [0.2, 0.25) is 5.88 Å². The van der Waals surface area contributed by atoms with Gasteiger partial charge in [-0.3, -0.25) is 4.79 Å². The van der Waals surface area contributed by atoms with E-state index in [1.54, 1.807) is 11.8 Å². The van der Waals surface area contributed by atoms with Gasteiger partial charge in [0.25, 0.3) is 5.91 Å². The highest BCUT2D eigenvalue weighted by Crippen LogP contribution is 2.25. The zero-order valence-electron chi connectivity index (χ0n) is 11.9. The standard InChI is InChI=1S/C14H15N3O3S/c1-19-12-8-10(16-14(17-12)20-2)13(18)15-9-6-4-5-7-11(9)21-3/h4-8H,1-3H3,(H,15,18). The Morgan fingerprint density at radius 3 is 2.62 bits per heavy atom. The molecule has 1 amide bonds. The summed E-state index contributed by atoms with van der Waals surface area (Å²) in [5.41, 5.74) is 0.904. The van der Waals surface area contributed by atoms with Crippen molar-refractivity contribution in [3.8, 4) is 11.9 Å². The van der Waals surface area contributed by atoms with Crippen LogP contribution < -0.4 is 14.8 Å². The van der Waals surface area contributed by atoms with Gasteiger partial charge in [0.1, 0.15) is 5.69 Å². The molecular formula is C14H15N3O3S. The highest BCUT2D eigenvalue weighted by molar-refractivity contribution is 7.98. The smallest absolute Gasteiger partial charge is 0.320 e. The van der Waals surface area contributed by atoms with Crippen LogP contribution in [0.4, 0.5) is 5.69 Å². The van der Waals surface area contributed by atoms with Crippen molar-refractivity contribution in [2.24, 2.45) is 0 Å². The van der Waals surface area contributed by atoms with Gasteiger partial charge in [0.15, 0.2) is 0 Å². The number of rotatable bonds is 5. The first-order valence-electron chi connectivity index (χ1n) is 6.09. The van der Waals surface area contributed by atoms with Crippen LogP contribution in [0.1, 0.15) is 10.5 Å². The minimum atomic E-state index is -0.351. The summed E-state index contributed by atoms with van der Waals surface area (Å²) in [6.45, 7) is 0.